The zero-order chi connectivity index (χ0) is 18.8. The fourth-order valence-electron chi connectivity index (χ4n) is 3.81. The number of carbonyl (C=O) groups excluding carboxylic acids is 2. The number of aromatic amines is 1. The first-order valence-corrected chi connectivity index (χ1v) is 9.36. The number of nitrogens with one attached hydrogen (secondary N) is 1. The van der Waals surface area contributed by atoms with Crippen molar-refractivity contribution >= 4 is 22.7 Å². The number of fused-ring (bicyclic) bond motifs is 1. The van der Waals surface area contributed by atoms with Crippen molar-refractivity contribution in [1.82, 2.24) is 19.4 Å². The van der Waals surface area contributed by atoms with E-state index in [0.29, 0.717) is 32.6 Å². The van der Waals surface area contributed by atoms with Crippen molar-refractivity contribution < 1.29 is 9.59 Å². The lowest BCUT2D eigenvalue weighted by molar-refractivity contribution is -0.130. The molecule has 1 saturated heterocycles. The summed E-state index contributed by atoms with van der Waals surface area (Å²) in [5.41, 5.74) is 2.78. The molecule has 140 valence electrons. The van der Waals surface area contributed by atoms with E-state index in [-0.39, 0.29) is 11.8 Å². The highest BCUT2D eigenvalue weighted by molar-refractivity contribution is 6.07. The number of nitrogens with zero attached hydrogens (tertiary/aromatic N) is 3. The van der Waals surface area contributed by atoms with E-state index >= 15 is 0 Å². The number of para-hydroxylation sites is 1. The molecule has 2 aromatic heterocycles. The van der Waals surface area contributed by atoms with Gasteiger partial charge in [0.25, 0.3) is 5.91 Å². The molecule has 0 spiro atoms. The molecule has 3 heterocycles. The van der Waals surface area contributed by atoms with Crippen LogP contribution in [0.25, 0.3) is 10.9 Å². The number of hydrogen-bond acceptors (Lipinski definition) is 2. The number of carbonyl (C=O) groups is 2. The first-order chi connectivity index (χ1) is 13.1. The smallest absolute Gasteiger partial charge is 0.256 e. The number of H-pyrrole nitrogens is 1. The number of benzene rings is 1. The molecule has 1 aromatic carbocycles. The maximum atomic E-state index is 13.1. The van der Waals surface area contributed by atoms with Crippen LogP contribution < -0.4 is 0 Å². The molecule has 4 rings (SSSR count). The molecule has 6 nitrogen and oxygen atoms in total. The molecule has 27 heavy (non-hydrogen) atoms. The van der Waals surface area contributed by atoms with Gasteiger partial charge in [0, 0.05) is 62.7 Å². The average molecular weight is 364 g/mol. The van der Waals surface area contributed by atoms with Crippen LogP contribution in [-0.2, 0) is 18.3 Å². The van der Waals surface area contributed by atoms with Gasteiger partial charge in [-0.1, -0.05) is 18.2 Å². The van der Waals surface area contributed by atoms with Gasteiger partial charge in [0.05, 0.1) is 12.0 Å². The molecule has 0 unspecified atom stereocenters. The SMILES string of the molecule is Cn1cc(C(=O)N2CCCN(C(=O)Cc3cc[nH]c3)CC2)c2ccccc21. The summed E-state index contributed by atoms with van der Waals surface area (Å²) in [4.78, 5) is 32.4. The number of hydrogen-bond donors (Lipinski definition) is 1. The van der Waals surface area contributed by atoms with E-state index in [0.717, 1.165) is 28.5 Å². The number of rotatable bonds is 3. The van der Waals surface area contributed by atoms with E-state index in [4.69, 9.17) is 0 Å². The van der Waals surface area contributed by atoms with Crippen LogP contribution in [0, 0.1) is 0 Å². The Labute approximate surface area is 158 Å². The lowest BCUT2D eigenvalue weighted by Crippen LogP contribution is -2.37. The first kappa shape index (κ1) is 17.4. The van der Waals surface area contributed by atoms with Crippen molar-refractivity contribution in [3.8, 4) is 0 Å². The van der Waals surface area contributed by atoms with Crippen molar-refractivity contribution in [2.75, 3.05) is 26.2 Å². The second-order valence-electron chi connectivity index (χ2n) is 7.09. The summed E-state index contributed by atoms with van der Waals surface area (Å²) < 4.78 is 1.99. The highest BCUT2D eigenvalue weighted by Gasteiger charge is 2.24. The molecule has 1 N–H and O–H groups in total. The van der Waals surface area contributed by atoms with E-state index in [9.17, 15) is 9.59 Å². The molecular formula is C21H24N4O2. The van der Waals surface area contributed by atoms with Crippen molar-refractivity contribution in [2.45, 2.75) is 12.8 Å². The minimum absolute atomic E-state index is 0.0479. The monoisotopic (exact) mass is 364 g/mol. The molecule has 0 saturated carbocycles. The molecule has 1 aliphatic heterocycles. The molecule has 2 amide bonds. The number of amides is 2. The summed E-state index contributed by atoms with van der Waals surface area (Å²) in [6.07, 6.45) is 6.80. The van der Waals surface area contributed by atoms with Gasteiger partial charge in [-0.25, -0.2) is 0 Å². The molecule has 6 heteroatoms. The summed E-state index contributed by atoms with van der Waals surface area (Å²) in [6, 6.07) is 9.88. The zero-order valence-electron chi connectivity index (χ0n) is 15.5. The van der Waals surface area contributed by atoms with Crippen LogP contribution in [0.15, 0.2) is 48.9 Å². The maximum absolute atomic E-state index is 13.1. The fourth-order valence-corrected chi connectivity index (χ4v) is 3.81. The van der Waals surface area contributed by atoms with Gasteiger partial charge in [-0.2, -0.15) is 0 Å². The van der Waals surface area contributed by atoms with Crippen LogP contribution in [0.1, 0.15) is 22.3 Å². The summed E-state index contributed by atoms with van der Waals surface area (Å²) >= 11 is 0. The molecule has 1 fully saturated rings. The minimum atomic E-state index is 0.0479. The van der Waals surface area contributed by atoms with Gasteiger partial charge in [-0.15, -0.1) is 0 Å². The molecule has 0 bridgehead atoms. The molecular weight excluding hydrogens is 340 g/mol. The van der Waals surface area contributed by atoms with Crippen LogP contribution in [-0.4, -0.2) is 57.3 Å². The molecule has 1 aliphatic rings. The highest BCUT2D eigenvalue weighted by atomic mass is 16.2. The van der Waals surface area contributed by atoms with Crippen molar-refractivity contribution in [3.63, 3.8) is 0 Å². The van der Waals surface area contributed by atoms with Gasteiger partial charge in [0.15, 0.2) is 0 Å². The summed E-state index contributed by atoms with van der Waals surface area (Å²) in [7, 11) is 1.96. The molecule has 0 aliphatic carbocycles. The molecule has 3 aromatic rings. The zero-order valence-corrected chi connectivity index (χ0v) is 15.5. The average Bonchev–Trinajstić information content (AvgIpc) is 3.22. The Kier molecular flexibility index (Phi) is 4.71. The fraction of sp³-hybridized carbons (Fsp3) is 0.333. The molecule has 0 radical (unpaired) electrons. The Morgan fingerprint density at radius 1 is 1.04 bits per heavy atom. The third kappa shape index (κ3) is 3.47. The predicted molar refractivity (Wildman–Crippen MR) is 105 cm³/mol. The normalized spacial score (nSPS) is 15.1. The van der Waals surface area contributed by atoms with Crippen LogP contribution in [0.3, 0.4) is 0 Å². The number of aromatic nitrogens is 2. The van der Waals surface area contributed by atoms with Gasteiger partial charge in [0.2, 0.25) is 5.91 Å². The van der Waals surface area contributed by atoms with E-state index in [1.54, 1.807) is 0 Å². The van der Waals surface area contributed by atoms with Gasteiger partial charge in [-0.3, -0.25) is 9.59 Å². The van der Waals surface area contributed by atoms with E-state index in [2.05, 4.69) is 4.98 Å². The standard InChI is InChI=1S/C21H24N4O2/c1-23-15-18(17-5-2-3-6-19(17)23)21(27)25-10-4-9-24(11-12-25)20(26)13-16-7-8-22-14-16/h2-3,5-8,14-15,22H,4,9-13H2,1H3. The third-order valence-electron chi connectivity index (χ3n) is 5.28. The Morgan fingerprint density at radius 3 is 2.63 bits per heavy atom. The Bertz CT molecular complexity index is 958. The summed E-state index contributed by atoms with van der Waals surface area (Å²) in [5.74, 6) is 0.167. The number of aryl methyl sites for hydroxylation is 1. The van der Waals surface area contributed by atoms with Crippen molar-refractivity contribution in [3.05, 3.63) is 60.0 Å². The van der Waals surface area contributed by atoms with E-state index in [1.165, 1.54) is 0 Å². The lowest BCUT2D eigenvalue weighted by atomic mass is 10.1. The molecule has 0 atom stereocenters. The highest BCUT2D eigenvalue weighted by Crippen LogP contribution is 2.22. The predicted octanol–water partition coefficient (Wildman–Crippen LogP) is 2.42. The topological polar surface area (TPSA) is 61.3 Å². The maximum Gasteiger partial charge on any atom is 0.256 e. The van der Waals surface area contributed by atoms with Crippen molar-refractivity contribution in [2.24, 2.45) is 7.05 Å². The van der Waals surface area contributed by atoms with Gasteiger partial charge >= 0.3 is 0 Å². The van der Waals surface area contributed by atoms with Gasteiger partial charge in [-0.05, 0) is 24.1 Å². The largest absolute Gasteiger partial charge is 0.367 e. The summed E-state index contributed by atoms with van der Waals surface area (Å²) in [6.45, 7) is 2.53. The minimum Gasteiger partial charge on any atom is -0.367 e. The second-order valence-corrected chi connectivity index (χ2v) is 7.09. The van der Waals surface area contributed by atoms with E-state index in [1.807, 2.05) is 70.3 Å². The van der Waals surface area contributed by atoms with Crippen molar-refractivity contribution in [1.29, 1.82) is 0 Å². The third-order valence-corrected chi connectivity index (χ3v) is 5.28. The van der Waals surface area contributed by atoms with Crippen LogP contribution in [0.2, 0.25) is 0 Å². The van der Waals surface area contributed by atoms with Gasteiger partial charge in [0.1, 0.15) is 0 Å². The quantitative estimate of drug-likeness (QED) is 0.776. The summed E-state index contributed by atoms with van der Waals surface area (Å²) in [5, 5.41) is 0.981. The van der Waals surface area contributed by atoms with Crippen LogP contribution in [0.5, 0.6) is 0 Å². The Balaban J connectivity index is 1.46. The Hall–Kier alpha value is -3.02. The first-order valence-electron chi connectivity index (χ1n) is 9.36. The van der Waals surface area contributed by atoms with Crippen LogP contribution >= 0.6 is 0 Å². The Morgan fingerprint density at radius 2 is 1.81 bits per heavy atom. The van der Waals surface area contributed by atoms with Gasteiger partial charge < -0.3 is 19.4 Å². The lowest BCUT2D eigenvalue weighted by Gasteiger charge is -2.22. The van der Waals surface area contributed by atoms with Crippen LogP contribution in [0.4, 0.5) is 0 Å². The van der Waals surface area contributed by atoms with E-state index < -0.39 is 0 Å². The second kappa shape index (κ2) is 7.31.